The molecule has 1 heterocycles. The van der Waals surface area contributed by atoms with Gasteiger partial charge in [0.1, 0.15) is 11.0 Å². The molecule has 1 aromatic heterocycles. The van der Waals surface area contributed by atoms with E-state index >= 15 is 0 Å². The van der Waals surface area contributed by atoms with Crippen LogP contribution < -0.4 is 0 Å². The average molecular weight is 159 g/mol. The van der Waals surface area contributed by atoms with E-state index in [1.54, 1.807) is 0 Å². The van der Waals surface area contributed by atoms with Crippen molar-refractivity contribution in [3.05, 3.63) is 23.3 Å². The Hall–Kier alpha value is -1.38. The van der Waals surface area contributed by atoms with Crippen LogP contribution in [-0.4, -0.2) is 15.4 Å². The monoisotopic (exact) mass is 159 g/mol. The maximum Gasteiger partial charge on any atom is 0.116 e. The Bertz CT molecular complexity index is 430. The number of fused-ring (bicyclic) bond motifs is 3. The van der Waals surface area contributed by atoms with E-state index in [0.717, 1.165) is 11.0 Å². The highest BCUT2D eigenvalue weighted by Crippen LogP contribution is 2.26. The molecule has 0 fully saturated rings. The molecular formula is C9H9N3. The molecule has 0 saturated heterocycles. The molecule has 0 amide bonds. The van der Waals surface area contributed by atoms with E-state index in [2.05, 4.69) is 21.5 Å². The van der Waals surface area contributed by atoms with Gasteiger partial charge in [-0.05, 0) is 36.5 Å². The smallest absolute Gasteiger partial charge is 0.116 e. The second-order valence-electron chi connectivity index (χ2n) is 3.25. The van der Waals surface area contributed by atoms with Crippen LogP contribution in [0.15, 0.2) is 12.1 Å². The predicted octanol–water partition coefficient (Wildman–Crippen LogP) is 1.45. The minimum atomic E-state index is 0.996. The van der Waals surface area contributed by atoms with Gasteiger partial charge in [-0.2, -0.15) is 15.4 Å². The van der Waals surface area contributed by atoms with Crippen LogP contribution in [0.3, 0.4) is 0 Å². The summed E-state index contributed by atoms with van der Waals surface area (Å²) in [6, 6.07) is 4.22. The highest BCUT2D eigenvalue weighted by Gasteiger charge is 2.15. The molecule has 1 aliphatic carbocycles. The van der Waals surface area contributed by atoms with Crippen LogP contribution in [0.5, 0.6) is 0 Å². The summed E-state index contributed by atoms with van der Waals surface area (Å²) < 4.78 is 0. The van der Waals surface area contributed by atoms with Gasteiger partial charge in [0.05, 0.1) is 0 Å². The summed E-state index contributed by atoms with van der Waals surface area (Å²) in [4.78, 5) is 0. The lowest BCUT2D eigenvalue weighted by molar-refractivity contribution is 0.909. The van der Waals surface area contributed by atoms with E-state index < -0.39 is 0 Å². The SMILES string of the molecule is c1cc2n[nH]nc2c2c1CCC2. The molecule has 0 saturated carbocycles. The summed E-state index contributed by atoms with van der Waals surface area (Å²) in [7, 11) is 0. The van der Waals surface area contributed by atoms with Crippen molar-refractivity contribution < 1.29 is 0 Å². The van der Waals surface area contributed by atoms with E-state index in [4.69, 9.17) is 0 Å². The lowest BCUT2D eigenvalue weighted by Gasteiger charge is -1.96. The van der Waals surface area contributed by atoms with Gasteiger partial charge in [0.25, 0.3) is 0 Å². The van der Waals surface area contributed by atoms with Gasteiger partial charge in [-0.3, -0.25) is 0 Å². The van der Waals surface area contributed by atoms with Gasteiger partial charge in [0.15, 0.2) is 0 Å². The van der Waals surface area contributed by atoms with Gasteiger partial charge in [0, 0.05) is 0 Å². The van der Waals surface area contributed by atoms with Crippen LogP contribution in [0.1, 0.15) is 17.5 Å². The highest BCUT2D eigenvalue weighted by molar-refractivity contribution is 5.79. The summed E-state index contributed by atoms with van der Waals surface area (Å²) in [6.07, 6.45) is 3.64. The maximum absolute atomic E-state index is 4.15. The van der Waals surface area contributed by atoms with Crippen LogP contribution in [0.2, 0.25) is 0 Å². The fourth-order valence-corrected chi connectivity index (χ4v) is 1.98. The molecule has 60 valence electrons. The van der Waals surface area contributed by atoms with Gasteiger partial charge in [-0.25, -0.2) is 0 Å². The van der Waals surface area contributed by atoms with E-state index in [-0.39, 0.29) is 0 Å². The van der Waals surface area contributed by atoms with Crippen molar-refractivity contribution in [1.82, 2.24) is 15.4 Å². The number of H-pyrrole nitrogens is 1. The zero-order valence-electron chi connectivity index (χ0n) is 6.67. The number of benzene rings is 1. The summed E-state index contributed by atoms with van der Waals surface area (Å²) in [5, 5.41) is 10.9. The topological polar surface area (TPSA) is 41.6 Å². The second kappa shape index (κ2) is 2.06. The Morgan fingerprint density at radius 3 is 3.17 bits per heavy atom. The first-order valence-corrected chi connectivity index (χ1v) is 4.26. The summed E-state index contributed by atoms with van der Waals surface area (Å²) in [5.74, 6) is 0. The normalized spacial score (nSPS) is 15.3. The van der Waals surface area contributed by atoms with Gasteiger partial charge < -0.3 is 0 Å². The zero-order chi connectivity index (χ0) is 7.97. The Morgan fingerprint density at radius 2 is 2.17 bits per heavy atom. The van der Waals surface area contributed by atoms with Crippen molar-refractivity contribution in [3.63, 3.8) is 0 Å². The molecular weight excluding hydrogens is 150 g/mol. The van der Waals surface area contributed by atoms with E-state index in [0.29, 0.717) is 0 Å². The molecule has 1 N–H and O–H groups in total. The lowest BCUT2D eigenvalue weighted by atomic mass is 10.1. The molecule has 0 atom stereocenters. The molecule has 0 spiro atoms. The van der Waals surface area contributed by atoms with E-state index in [9.17, 15) is 0 Å². The summed E-state index contributed by atoms with van der Waals surface area (Å²) >= 11 is 0. The minimum absolute atomic E-state index is 0.996. The third-order valence-corrected chi connectivity index (χ3v) is 2.56. The van der Waals surface area contributed by atoms with Gasteiger partial charge in [0.2, 0.25) is 0 Å². The van der Waals surface area contributed by atoms with Crippen molar-refractivity contribution in [1.29, 1.82) is 0 Å². The number of nitrogens with one attached hydrogen (secondary N) is 1. The molecule has 0 aliphatic heterocycles. The number of aromatic amines is 1. The Morgan fingerprint density at radius 1 is 1.17 bits per heavy atom. The first-order chi connectivity index (χ1) is 5.95. The lowest BCUT2D eigenvalue weighted by Crippen LogP contribution is -1.83. The number of nitrogens with zero attached hydrogens (tertiary/aromatic N) is 2. The standard InChI is InChI=1S/C9H9N3/c1-2-6-4-5-8-9(7(6)3-1)11-12-10-8/h4-5H,1-3H2,(H,10,11,12). The third kappa shape index (κ3) is 0.656. The summed E-state index contributed by atoms with van der Waals surface area (Å²) in [5.41, 5.74) is 4.93. The van der Waals surface area contributed by atoms with Crippen LogP contribution >= 0.6 is 0 Å². The van der Waals surface area contributed by atoms with E-state index in [1.165, 1.54) is 30.4 Å². The molecule has 0 unspecified atom stereocenters. The Balaban J connectivity index is 2.46. The third-order valence-electron chi connectivity index (χ3n) is 2.56. The fourth-order valence-electron chi connectivity index (χ4n) is 1.98. The first kappa shape index (κ1) is 6.17. The maximum atomic E-state index is 4.15. The van der Waals surface area contributed by atoms with Gasteiger partial charge in [-0.1, -0.05) is 6.07 Å². The number of rotatable bonds is 0. The fraction of sp³-hybridized carbons (Fsp3) is 0.333. The highest BCUT2D eigenvalue weighted by atomic mass is 15.3. The molecule has 1 aromatic carbocycles. The van der Waals surface area contributed by atoms with Crippen molar-refractivity contribution in [3.8, 4) is 0 Å². The van der Waals surface area contributed by atoms with Gasteiger partial charge >= 0.3 is 0 Å². The predicted molar refractivity (Wildman–Crippen MR) is 45.9 cm³/mol. The zero-order valence-corrected chi connectivity index (χ0v) is 6.67. The Labute approximate surface area is 69.8 Å². The number of aromatic nitrogens is 3. The molecule has 1 aliphatic rings. The molecule has 12 heavy (non-hydrogen) atoms. The molecule has 0 bridgehead atoms. The molecule has 0 radical (unpaired) electrons. The molecule has 3 heteroatoms. The largest absolute Gasteiger partial charge is 0.197 e. The Kier molecular flexibility index (Phi) is 1.06. The van der Waals surface area contributed by atoms with Crippen molar-refractivity contribution in [2.75, 3.05) is 0 Å². The number of aryl methyl sites for hydroxylation is 2. The van der Waals surface area contributed by atoms with Crippen molar-refractivity contribution in [2.45, 2.75) is 19.3 Å². The number of hydrogen-bond donors (Lipinski definition) is 1. The van der Waals surface area contributed by atoms with Crippen LogP contribution in [0, 0.1) is 0 Å². The molecule has 3 rings (SSSR count). The first-order valence-electron chi connectivity index (χ1n) is 4.26. The molecule has 2 aromatic rings. The van der Waals surface area contributed by atoms with E-state index in [1.807, 2.05) is 6.07 Å². The molecule has 3 nitrogen and oxygen atoms in total. The summed E-state index contributed by atoms with van der Waals surface area (Å²) in [6.45, 7) is 0. The van der Waals surface area contributed by atoms with Gasteiger partial charge in [-0.15, -0.1) is 0 Å². The van der Waals surface area contributed by atoms with Crippen LogP contribution in [0.4, 0.5) is 0 Å². The second-order valence-corrected chi connectivity index (χ2v) is 3.25. The van der Waals surface area contributed by atoms with Crippen LogP contribution in [0.25, 0.3) is 11.0 Å². The average Bonchev–Trinajstić information content (AvgIpc) is 2.71. The quantitative estimate of drug-likeness (QED) is 0.632. The number of hydrogen-bond acceptors (Lipinski definition) is 2. The van der Waals surface area contributed by atoms with Crippen LogP contribution in [-0.2, 0) is 12.8 Å². The van der Waals surface area contributed by atoms with Crippen molar-refractivity contribution in [2.24, 2.45) is 0 Å². The minimum Gasteiger partial charge on any atom is -0.197 e. The van der Waals surface area contributed by atoms with Crippen molar-refractivity contribution >= 4 is 11.0 Å².